The highest BCUT2D eigenvalue weighted by molar-refractivity contribution is 4.77. The van der Waals surface area contributed by atoms with Crippen LogP contribution in [-0.2, 0) is 0 Å². The Balaban J connectivity index is 2.45. The molecule has 10 heavy (non-hydrogen) atoms. The molecule has 0 amide bonds. The minimum absolute atomic E-state index is 0.828. The lowest BCUT2D eigenvalue weighted by Gasteiger charge is -2.38. The topological polar surface area (TPSA) is 3.24 Å². The molecule has 1 heteroatoms. The van der Waals surface area contributed by atoms with Gasteiger partial charge in [0.1, 0.15) is 0 Å². The molecule has 0 unspecified atom stereocenters. The first-order valence-corrected chi connectivity index (χ1v) is 4.51. The minimum atomic E-state index is 0.828. The molecule has 1 aliphatic heterocycles. The molecule has 1 fully saturated rings. The molecule has 1 aliphatic rings. The van der Waals surface area contributed by atoms with Gasteiger partial charge in [0.25, 0.3) is 0 Å². The fraction of sp³-hybridized carbons (Fsp3) is 1.00. The summed E-state index contributed by atoms with van der Waals surface area (Å²) in [6.45, 7) is 8.18. The van der Waals surface area contributed by atoms with Gasteiger partial charge in [0, 0.05) is 12.1 Å². The van der Waals surface area contributed by atoms with Gasteiger partial charge >= 0.3 is 0 Å². The summed E-state index contributed by atoms with van der Waals surface area (Å²) >= 11 is 0. The van der Waals surface area contributed by atoms with E-state index >= 15 is 0 Å². The van der Waals surface area contributed by atoms with Crippen molar-refractivity contribution in [2.45, 2.75) is 52.1 Å². The van der Waals surface area contributed by atoms with Crippen LogP contribution in [0.1, 0.15) is 40.0 Å². The van der Waals surface area contributed by atoms with Gasteiger partial charge in [0.15, 0.2) is 0 Å². The van der Waals surface area contributed by atoms with Gasteiger partial charge in [-0.2, -0.15) is 0 Å². The highest BCUT2D eigenvalue weighted by atomic mass is 15.2. The maximum absolute atomic E-state index is 2.60. The molecule has 0 spiro atoms. The SMILES string of the molecule is CCN1[C@H](C)CCC[C@H]1C. The normalized spacial score (nSPS) is 36.3. The number of likely N-dealkylation sites (tertiary alicyclic amines) is 1. The Bertz CT molecular complexity index is 90.9. The third-order valence-electron chi connectivity index (χ3n) is 2.74. The highest BCUT2D eigenvalue weighted by Gasteiger charge is 2.22. The summed E-state index contributed by atoms with van der Waals surface area (Å²) < 4.78 is 0. The molecule has 0 radical (unpaired) electrons. The summed E-state index contributed by atoms with van der Waals surface area (Å²) in [6.07, 6.45) is 4.23. The van der Waals surface area contributed by atoms with Crippen LogP contribution in [0.5, 0.6) is 0 Å². The Morgan fingerprint density at radius 2 is 1.70 bits per heavy atom. The molecule has 60 valence electrons. The predicted octanol–water partition coefficient (Wildman–Crippen LogP) is 2.27. The van der Waals surface area contributed by atoms with Crippen LogP contribution in [0.25, 0.3) is 0 Å². The van der Waals surface area contributed by atoms with Crippen molar-refractivity contribution < 1.29 is 0 Å². The second-order valence-electron chi connectivity index (χ2n) is 3.46. The van der Waals surface area contributed by atoms with Crippen LogP contribution in [0.4, 0.5) is 0 Å². The lowest BCUT2D eigenvalue weighted by atomic mass is 9.98. The van der Waals surface area contributed by atoms with Gasteiger partial charge in [-0.05, 0) is 33.2 Å². The number of hydrogen-bond acceptors (Lipinski definition) is 1. The number of hydrogen-bond donors (Lipinski definition) is 0. The molecule has 0 bridgehead atoms. The van der Waals surface area contributed by atoms with E-state index in [1.807, 2.05) is 0 Å². The van der Waals surface area contributed by atoms with Crippen molar-refractivity contribution >= 4 is 0 Å². The Labute approximate surface area is 64.4 Å². The van der Waals surface area contributed by atoms with Crippen LogP contribution >= 0.6 is 0 Å². The summed E-state index contributed by atoms with van der Waals surface area (Å²) in [5.74, 6) is 0. The van der Waals surface area contributed by atoms with E-state index < -0.39 is 0 Å². The van der Waals surface area contributed by atoms with E-state index in [9.17, 15) is 0 Å². The van der Waals surface area contributed by atoms with Crippen LogP contribution in [0.2, 0.25) is 0 Å². The third kappa shape index (κ3) is 1.51. The van der Waals surface area contributed by atoms with Crippen LogP contribution < -0.4 is 0 Å². The summed E-state index contributed by atoms with van der Waals surface area (Å²) in [4.78, 5) is 2.60. The van der Waals surface area contributed by atoms with Gasteiger partial charge in [-0.25, -0.2) is 0 Å². The monoisotopic (exact) mass is 141 g/mol. The molecule has 0 saturated carbocycles. The van der Waals surface area contributed by atoms with Gasteiger partial charge in [-0.1, -0.05) is 13.3 Å². The lowest BCUT2D eigenvalue weighted by Crippen LogP contribution is -2.43. The molecule has 0 aliphatic carbocycles. The van der Waals surface area contributed by atoms with Gasteiger partial charge in [0.2, 0.25) is 0 Å². The average molecular weight is 141 g/mol. The zero-order valence-corrected chi connectivity index (χ0v) is 7.43. The summed E-state index contributed by atoms with van der Waals surface area (Å²) in [5, 5.41) is 0. The molecule has 1 rings (SSSR count). The maximum Gasteiger partial charge on any atom is 0.00696 e. The number of nitrogens with zero attached hydrogens (tertiary/aromatic N) is 1. The van der Waals surface area contributed by atoms with Crippen molar-refractivity contribution in [3.63, 3.8) is 0 Å². The molecule has 1 heterocycles. The average Bonchev–Trinajstić information content (AvgIpc) is 1.88. The molecular weight excluding hydrogens is 122 g/mol. The van der Waals surface area contributed by atoms with Crippen molar-refractivity contribution in [2.24, 2.45) is 0 Å². The van der Waals surface area contributed by atoms with Crippen molar-refractivity contribution in [3.05, 3.63) is 0 Å². The Kier molecular flexibility index (Phi) is 2.72. The maximum atomic E-state index is 2.60. The second kappa shape index (κ2) is 3.38. The lowest BCUT2D eigenvalue weighted by molar-refractivity contribution is 0.111. The van der Waals surface area contributed by atoms with Gasteiger partial charge in [-0.15, -0.1) is 0 Å². The number of rotatable bonds is 1. The summed E-state index contributed by atoms with van der Waals surface area (Å²) in [6, 6.07) is 1.66. The second-order valence-corrected chi connectivity index (χ2v) is 3.46. The molecule has 0 N–H and O–H groups in total. The standard InChI is InChI=1S/C9H19N/c1-4-10-8(2)6-5-7-9(10)3/h8-9H,4-7H2,1-3H3/t8-,9-/m1/s1. The first-order valence-electron chi connectivity index (χ1n) is 4.51. The first kappa shape index (κ1) is 8.06. The van der Waals surface area contributed by atoms with E-state index in [4.69, 9.17) is 0 Å². The Hall–Kier alpha value is -0.0400. The van der Waals surface area contributed by atoms with Crippen LogP contribution in [0, 0.1) is 0 Å². The molecule has 0 aromatic heterocycles. The predicted molar refractivity (Wildman–Crippen MR) is 45.2 cm³/mol. The fourth-order valence-electron chi connectivity index (χ4n) is 2.10. The molecule has 0 aromatic carbocycles. The molecule has 1 nitrogen and oxygen atoms in total. The molecular formula is C9H19N. The van der Waals surface area contributed by atoms with Crippen molar-refractivity contribution in [1.82, 2.24) is 4.90 Å². The Morgan fingerprint density at radius 1 is 1.20 bits per heavy atom. The Morgan fingerprint density at radius 3 is 2.00 bits per heavy atom. The van der Waals surface area contributed by atoms with Crippen LogP contribution in [0.15, 0.2) is 0 Å². The quantitative estimate of drug-likeness (QED) is 0.541. The minimum Gasteiger partial charge on any atom is -0.298 e. The summed E-state index contributed by atoms with van der Waals surface area (Å²) in [5.41, 5.74) is 0. The highest BCUT2D eigenvalue weighted by Crippen LogP contribution is 2.21. The first-order chi connectivity index (χ1) is 4.75. The van der Waals surface area contributed by atoms with Crippen molar-refractivity contribution in [2.75, 3.05) is 6.54 Å². The largest absolute Gasteiger partial charge is 0.298 e. The molecule has 1 saturated heterocycles. The van der Waals surface area contributed by atoms with E-state index in [1.165, 1.54) is 25.8 Å². The van der Waals surface area contributed by atoms with E-state index in [0.717, 1.165) is 12.1 Å². The summed E-state index contributed by atoms with van der Waals surface area (Å²) in [7, 11) is 0. The van der Waals surface area contributed by atoms with Gasteiger partial charge in [0.05, 0.1) is 0 Å². The van der Waals surface area contributed by atoms with Crippen molar-refractivity contribution in [1.29, 1.82) is 0 Å². The van der Waals surface area contributed by atoms with E-state index in [0.29, 0.717) is 0 Å². The van der Waals surface area contributed by atoms with Gasteiger partial charge < -0.3 is 0 Å². The van der Waals surface area contributed by atoms with Crippen LogP contribution in [-0.4, -0.2) is 23.5 Å². The number of piperidine rings is 1. The van der Waals surface area contributed by atoms with Crippen LogP contribution in [0.3, 0.4) is 0 Å². The van der Waals surface area contributed by atoms with E-state index in [-0.39, 0.29) is 0 Å². The van der Waals surface area contributed by atoms with Crippen molar-refractivity contribution in [3.8, 4) is 0 Å². The zero-order valence-electron chi connectivity index (χ0n) is 7.43. The van der Waals surface area contributed by atoms with Gasteiger partial charge in [-0.3, -0.25) is 4.90 Å². The molecule has 0 aromatic rings. The molecule has 2 atom stereocenters. The van der Waals surface area contributed by atoms with E-state index in [1.54, 1.807) is 0 Å². The fourth-order valence-corrected chi connectivity index (χ4v) is 2.10. The zero-order chi connectivity index (χ0) is 7.56. The third-order valence-corrected chi connectivity index (χ3v) is 2.74. The van der Waals surface area contributed by atoms with E-state index in [2.05, 4.69) is 25.7 Å². The smallest absolute Gasteiger partial charge is 0.00696 e.